The van der Waals surface area contributed by atoms with E-state index >= 15 is 0 Å². The van der Waals surface area contributed by atoms with Gasteiger partial charge in [-0.25, -0.2) is 0 Å². The molecule has 0 spiro atoms. The van der Waals surface area contributed by atoms with E-state index in [1.54, 1.807) is 6.07 Å². The SMILES string of the molecule is CCCNC(=O)C1COCCN1c1cc(OC)nc(N)n1. The number of ether oxygens (including phenoxy) is 2. The maximum atomic E-state index is 12.2. The molecule has 8 nitrogen and oxygen atoms in total. The topological polar surface area (TPSA) is 103 Å². The van der Waals surface area contributed by atoms with Gasteiger partial charge in [-0.05, 0) is 6.42 Å². The van der Waals surface area contributed by atoms with Crippen molar-refractivity contribution in [3.8, 4) is 5.88 Å². The van der Waals surface area contributed by atoms with Crippen molar-refractivity contribution >= 4 is 17.7 Å². The molecule has 2 heterocycles. The molecule has 1 atom stereocenters. The molecule has 1 unspecified atom stereocenters. The van der Waals surface area contributed by atoms with Crippen molar-refractivity contribution in [2.24, 2.45) is 0 Å². The Balaban J connectivity index is 2.21. The van der Waals surface area contributed by atoms with Gasteiger partial charge in [0.1, 0.15) is 11.9 Å². The molecule has 0 bridgehead atoms. The van der Waals surface area contributed by atoms with Crippen molar-refractivity contribution in [2.75, 3.05) is 44.0 Å². The summed E-state index contributed by atoms with van der Waals surface area (Å²) in [4.78, 5) is 22.3. The molecule has 21 heavy (non-hydrogen) atoms. The highest BCUT2D eigenvalue weighted by atomic mass is 16.5. The highest BCUT2D eigenvalue weighted by molar-refractivity contribution is 5.85. The lowest BCUT2D eigenvalue weighted by Crippen LogP contribution is -2.54. The molecule has 2 rings (SSSR count). The molecule has 1 aromatic heterocycles. The second-order valence-corrected chi connectivity index (χ2v) is 4.70. The first-order chi connectivity index (χ1) is 10.2. The summed E-state index contributed by atoms with van der Waals surface area (Å²) in [5, 5.41) is 2.88. The van der Waals surface area contributed by atoms with E-state index in [4.69, 9.17) is 15.2 Å². The molecule has 0 aromatic carbocycles. The number of carbonyl (C=O) groups excluding carboxylic acids is 1. The van der Waals surface area contributed by atoms with Gasteiger partial charge in [0.2, 0.25) is 17.7 Å². The Kier molecular flexibility index (Phi) is 5.15. The van der Waals surface area contributed by atoms with Crippen LogP contribution in [0, 0.1) is 0 Å². The fourth-order valence-electron chi connectivity index (χ4n) is 2.14. The lowest BCUT2D eigenvalue weighted by atomic mass is 10.2. The molecule has 1 aromatic rings. The summed E-state index contributed by atoms with van der Waals surface area (Å²) in [6, 6.07) is 1.24. The zero-order chi connectivity index (χ0) is 15.2. The first kappa shape index (κ1) is 15.3. The smallest absolute Gasteiger partial charge is 0.245 e. The quantitative estimate of drug-likeness (QED) is 0.775. The Morgan fingerprint density at radius 3 is 3.14 bits per heavy atom. The normalized spacial score (nSPS) is 18.4. The number of methoxy groups -OCH3 is 1. The predicted molar refractivity (Wildman–Crippen MR) is 78.3 cm³/mol. The van der Waals surface area contributed by atoms with Crippen molar-refractivity contribution in [1.82, 2.24) is 15.3 Å². The van der Waals surface area contributed by atoms with Crippen LogP contribution in [-0.4, -0.2) is 55.3 Å². The summed E-state index contributed by atoms with van der Waals surface area (Å²) < 4.78 is 10.5. The minimum absolute atomic E-state index is 0.0762. The standard InChI is InChI=1S/C13H21N5O3/c1-3-4-15-12(19)9-8-21-6-5-18(9)10-7-11(20-2)17-13(14)16-10/h7,9H,3-6,8H2,1-2H3,(H,15,19)(H2,14,16,17). The summed E-state index contributed by atoms with van der Waals surface area (Å²) in [5.74, 6) is 0.979. The first-order valence-electron chi connectivity index (χ1n) is 6.96. The predicted octanol–water partition coefficient (Wildman–Crippen LogP) is -0.201. The van der Waals surface area contributed by atoms with Crippen molar-refractivity contribution in [3.63, 3.8) is 0 Å². The minimum Gasteiger partial charge on any atom is -0.481 e. The Morgan fingerprint density at radius 2 is 2.43 bits per heavy atom. The Morgan fingerprint density at radius 1 is 1.62 bits per heavy atom. The minimum atomic E-state index is -0.427. The number of nitrogen functional groups attached to an aromatic ring is 1. The van der Waals surface area contributed by atoms with Crippen LogP contribution in [-0.2, 0) is 9.53 Å². The van der Waals surface area contributed by atoms with Gasteiger partial charge in [-0.15, -0.1) is 0 Å². The van der Waals surface area contributed by atoms with Crippen molar-refractivity contribution in [3.05, 3.63) is 6.07 Å². The third-order valence-electron chi connectivity index (χ3n) is 3.19. The molecular weight excluding hydrogens is 274 g/mol. The maximum absolute atomic E-state index is 12.2. The van der Waals surface area contributed by atoms with Crippen LogP contribution in [0.1, 0.15) is 13.3 Å². The summed E-state index contributed by atoms with van der Waals surface area (Å²) in [7, 11) is 1.51. The first-order valence-corrected chi connectivity index (χ1v) is 6.96. The molecule has 1 aliphatic heterocycles. The number of hydrogen-bond acceptors (Lipinski definition) is 7. The van der Waals surface area contributed by atoms with Gasteiger partial charge in [0.15, 0.2) is 0 Å². The number of aromatic nitrogens is 2. The molecule has 8 heteroatoms. The van der Waals surface area contributed by atoms with Gasteiger partial charge in [-0.1, -0.05) is 6.92 Å². The number of anilines is 2. The molecular formula is C13H21N5O3. The fourth-order valence-corrected chi connectivity index (χ4v) is 2.14. The molecule has 1 aliphatic rings. The number of nitrogens with zero attached hydrogens (tertiary/aromatic N) is 3. The molecule has 0 radical (unpaired) electrons. The van der Waals surface area contributed by atoms with Crippen LogP contribution >= 0.6 is 0 Å². The number of nitrogens with one attached hydrogen (secondary N) is 1. The van der Waals surface area contributed by atoms with E-state index < -0.39 is 6.04 Å². The lowest BCUT2D eigenvalue weighted by Gasteiger charge is -2.35. The van der Waals surface area contributed by atoms with Gasteiger partial charge in [0, 0.05) is 19.2 Å². The lowest BCUT2D eigenvalue weighted by molar-refractivity contribution is -0.124. The third-order valence-corrected chi connectivity index (χ3v) is 3.19. The Bertz CT molecular complexity index is 497. The number of morpholine rings is 1. The van der Waals surface area contributed by atoms with E-state index in [-0.39, 0.29) is 11.9 Å². The van der Waals surface area contributed by atoms with Crippen LogP contribution < -0.4 is 20.7 Å². The highest BCUT2D eigenvalue weighted by Crippen LogP contribution is 2.22. The maximum Gasteiger partial charge on any atom is 0.245 e. The number of carbonyl (C=O) groups is 1. The van der Waals surface area contributed by atoms with E-state index in [0.29, 0.717) is 38.0 Å². The van der Waals surface area contributed by atoms with Gasteiger partial charge >= 0.3 is 0 Å². The van der Waals surface area contributed by atoms with Crippen LogP contribution in [0.25, 0.3) is 0 Å². The molecule has 1 amide bonds. The van der Waals surface area contributed by atoms with Crippen LogP contribution in [0.2, 0.25) is 0 Å². The van der Waals surface area contributed by atoms with Crippen LogP contribution in [0.3, 0.4) is 0 Å². The van der Waals surface area contributed by atoms with Crippen molar-refractivity contribution < 1.29 is 14.3 Å². The fraction of sp³-hybridized carbons (Fsp3) is 0.615. The van der Waals surface area contributed by atoms with Crippen LogP contribution in [0.5, 0.6) is 5.88 Å². The largest absolute Gasteiger partial charge is 0.481 e. The zero-order valence-electron chi connectivity index (χ0n) is 12.3. The van der Waals surface area contributed by atoms with Gasteiger partial charge in [0.25, 0.3) is 0 Å². The second kappa shape index (κ2) is 7.07. The Hall–Kier alpha value is -2.09. The van der Waals surface area contributed by atoms with E-state index in [1.807, 2.05) is 11.8 Å². The number of nitrogens with two attached hydrogens (primary N) is 1. The monoisotopic (exact) mass is 295 g/mol. The molecule has 1 fully saturated rings. The summed E-state index contributed by atoms with van der Waals surface area (Å²) in [6.45, 7) is 4.05. The van der Waals surface area contributed by atoms with E-state index in [0.717, 1.165) is 6.42 Å². The third kappa shape index (κ3) is 3.72. The van der Waals surface area contributed by atoms with Crippen LogP contribution in [0.15, 0.2) is 6.07 Å². The van der Waals surface area contributed by atoms with Gasteiger partial charge < -0.3 is 25.4 Å². The number of hydrogen-bond donors (Lipinski definition) is 2. The zero-order valence-corrected chi connectivity index (χ0v) is 12.3. The van der Waals surface area contributed by atoms with E-state index in [2.05, 4.69) is 15.3 Å². The van der Waals surface area contributed by atoms with E-state index in [1.165, 1.54) is 7.11 Å². The second-order valence-electron chi connectivity index (χ2n) is 4.70. The Labute approximate surface area is 123 Å². The van der Waals surface area contributed by atoms with Gasteiger partial charge in [0.05, 0.1) is 20.3 Å². The molecule has 3 N–H and O–H groups in total. The average Bonchev–Trinajstić information content (AvgIpc) is 2.51. The molecule has 1 saturated heterocycles. The summed E-state index contributed by atoms with van der Waals surface area (Å²) in [6.07, 6.45) is 0.883. The molecule has 116 valence electrons. The highest BCUT2D eigenvalue weighted by Gasteiger charge is 2.30. The summed E-state index contributed by atoms with van der Waals surface area (Å²) >= 11 is 0. The van der Waals surface area contributed by atoms with Gasteiger partial charge in [-0.2, -0.15) is 9.97 Å². The van der Waals surface area contributed by atoms with Crippen LogP contribution in [0.4, 0.5) is 11.8 Å². The average molecular weight is 295 g/mol. The van der Waals surface area contributed by atoms with E-state index in [9.17, 15) is 4.79 Å². The van der Waals surface area contributed by atoms with Gasteiger partial charge in [-0.3, -0.25) is 4.79 Å². The number of amides is 1. The molecule has 0 saturated carbocycles. The van der Waals surface area contributed by atoms with Crippen molar-refractivity contribution in [1.29, 1.82) is 0 Å². The van der Waals surface area contributed by atoms with Crippen molar-refractivity contribution in [2.45, 2.75) is 19.4 Å². The summed E-state index contributed by atoms with van der Waals surface area (Å²) in [5.41, 5.74) is 5.68. The molecule has 0 aliphatic carbocycles. The number of rotatable bonds is 5.